The number of hydrogen-bond acceptors (Lipinski definition) is 3. The maximum atomic E-state index is 13.1. The molecule has 3 fully saturated rings. The van der Waals surface area contributed by atoms with Crippen LogP contribution in [0.25, 0.3) is 0 Å². The summed E-state index contributed by atoms with van der Waals surface area (Å²) in [5.74, 6) is -0.253. The lowest BCUT2D eigenvalue weighted by molar-refractivity contribution is -0.123. The van der Waals surface area contributed by atoms with Crippen LogP contribution in [0.2, 0.25) is 5.02 Å². The SMILES string of the molecule is O=C(NCCc1ccccc1)c1cc(N2C(=O)[C@@H]3[C@H]4CC[C@@H](C4)[C@H]3C2=O)ccc1Cl. The fourth-order valence-corrected chi connectivity index (χ4v) is 5.75. The van der Waals surface area contributed by atoms with E-state index in [0.717, 1.165) is 24.8 Å². The number of imide groups is 1. The Hall–Kier alpha value is -2.66. The van der Waals surface area contributed by atoms with Crippen LogP contribution in [0, 0.1) is 23.7 Å². The number of nitrogens with one attached hydrogen (secondary N) is 1. The molecule has 2 aromatic carbocycles. The fraction of sp³-hybridized carbons (Fsp3) is 0.375. The lowest BCUT2D eigenvalue weighted by atomic mass is 9.81. The van der Waals surface area contributed by atoms with Gasteiger partial charge in [-0.2, -0.15) is 0 Å². The van der Waals surface area contributed by atoms with Crippen molar-refractivity contribution in [2.75, 3.05) is 11.4 Å². The van der Waals surface area contributed by atoms with Crippen molar-refractivity contribution in [1.82, 2.24) is 5.32 Å². The van der Waals surface area contributed by atoms with E-state index >= 15 is 0 Å². The highest BCUT2D eigenvalue weighted by Crippen LogP contribution is 2.56. The van der Waals surface area contributed by atoms with Crippen LogP contribution in [-0.4, -0.2) is 24.3 Å². The second-order valence-corrected chi connectivity index (χ2v) is 8.96. The predicted molar refractivity (Wildman–Crippen MR) is 114 cm³/mol. The molecule has 5 nitrogen and oxygen atoms in total. The third-order valence-corrected chi connectivity index (χ3v) is 7.25. The van der Waals surface area contributed by atoms with Gasteiger partial charge >= 0.3 is 0 Å². The van der Waals surface area contributed by atoms with Crippen LogP contribution in [-0.2, 0) is 16.0 Å². The summed E-state index contributed by atoms with van der Waals surface area (Å²) in [6, 6.07) is 14.7. The smallest absolute Gasteiger partial charge is 0.252 e. The van der Waals surface area contributed by atoms with Gasteiger partial charge in [0.1, 0.15) is 0 Å². The van der Waals surface area contributed by atoms with Crippen molar-refractivity contribution < 1.29 is 14.4 Å². The largest absolute Gasteiger partial charge is 0.352 e. The normalized spacial score (nSPS) is 26.9. The first-order chi connectivity index (χ1) is 14.5. The van der Waals surface area contributed by atoms with Crippen LogP contribution in [0.15, 0.2) is 48.5 Å². The number of nitrogens with zero attached hydrogens (tertiary/aromatic N) is 1. The van der Waals surface area contributed by atoms with Gasteiger partial charge < -0.3 is 5.32 Å². The average Bonchev–Trinajstić information content (AvgIpc) is 3.43. The summed E-state index contributed by atoms with van der Waals surface area (Å²) in [5, 5.41) is 3.18. The number of benzene rings is 2. The Morgan fingerprint density at radius 3 is 2.33 bits per heavy atom. The maximum Gasteiger partial charge on any atom is 0.252 e. The molecule has 3 aliphatic rings. The summed E-state index contributed by atoms with van der Waals surface area (Å²) in [5.41, 5.74) is 1.85. The van der Waals surface area contributed by atoms with Crippen molar-refractivity contribution in [2.24, 2.45) is 23.7 Å². The van der Waals surface area contributed by atoms with Crippen LogP contribution in [0.5, 0.6) is 0 Å². The Bertz CT molecular complexity index is 994. The molecule has 154 valence electrons. The fourth-order valence-electron chi connectivity index (χ4n) is 5.55. The molecule has 1 saturated heterocycles. The highest BCUT2D eigenvalue weighted by molar-refractivity contribution is 6.34. The van der Waals surface area contributed by atoms with Crippen molar-refractivity contribution >= 4 is 35.0 Å². The standard InChI is InChI=1S/C24H23ClN2O3/c25-19-9-8-17(13-18(19)22(28)26-11-10-14-4-2-1-3-5-14)27-23(29)20-15-6-7-16(12-15)21(20)24(27)30/h1-5,8-9,13,15-16,20-21H,6-7,10-12H2,(H,26,28)/t15-,16-,20+,21+/m0/s1. The Morgan fingerprint density at radius 1 is 1.00 bits per heavy atom. The third kappa shape index (κ3) is 3.12. The zero-order valence-electron chi connectivity index (χ0n) is 16.5. The summed E-state index contributed by atoms with van der Waals surface area (Å²) < 4.78 is 0. The van der Waals surface area contributed by atoms with E-state index < -0.39 is 0 Å². The molecule has 6 heteroatoms. The van der Waals surface area contributed by atoms with Crippen molar-refractivity contribution in [1.29, 1.82) is 0 Å². The van der Waals surface area contributed by atoms with E-state index in [0.29, 0.717) is 35.5 Å². The molecular weight excluding hydrogens is 400 g/mol. The number of amides is 3. The minimum atomic E-state index is -0.308. The Kier molecular flexibility index (Phi) is 4.86. The molecule has 2 aromatic rings. The molecule has 1 heterocycles. The first kappa shape index (κ1) is 19.3. The Balaban J connectivity index is 1.33. The minimum absolute atomic E-state index is 0.116. The molecule has 0 aromatic heterocycles. The van der Waals surface area contributed by atoms with Gasteiger partial charge in [-0.1, -0.05) is 41.9 Å². The van der Waals surface area contributed by atoms with E-state index in [1.807, 2.05) is 30.3 Å². The van der Waals surface area contributed by atoms with Crippen molar-refractivity contribution in [3.05, 3.63) is 64.7 Å². The summed E-state index contributed by atoms with van der Waals surface area (Å²) in [6.07, 6.45) is 3.78. The second-order valence-electron chi connectivity index (χ2n) is 8.55. The second kappa shape index (κ2) is 7.55. The highest BCUT2D eigenvalue weighted by atomic mass is 35.5. The van der Waals surface area contributed by atoms with Crippen LogP contribution >= 0.6 is 11.6 Å². The van der Waals surface area contributed by atoms with Gasteiger partial charge in [-0.05, 0) is 61.3 Å². The first-order valence-electron chi connectivity index (χ1n) is 10.5. The molecular formula is C24H23ClN2O3. The van der Waals surface area contributed by atoms with E-state index in [2.05, 4.69) is 5.32 Å². The Labute approximate surface area is 180 Å². The molecule has 0 spiro atoms. The number of halogens is 1. The molecule has 5 rings (SSSR count). The van der Waals surface area contributed by atoms with Crippen LogP contribution in [0.1, 0.15) is 35.2 Å². The van der Waals surface area contributed by atoms with E-state index in [9.17, 15) is 14.4 Å². The van der Waals surface area contributed by atoms with Crippen molar-refractivity contribution in [2.45, 2.75) is 25.7 Å². The van der Waals surface area contributed by atoms with E-state index in [1.54, 1.807) is 18.2 Å². The summed E-state index contributed by atoms with van der Waals surface area (Å²) in [6.45, 7) is 0.471. The van der Waals surface area contributed by atoms with Gasteiger partial charge in [0.15, 0.2) is 0 Å². The molecule has 2 bridgehead atoms. The topological polar surface area (TPSA) is 66.5 Å². The van der Waals surface area contributed by atoms with Gasteiger partial charge in [-0.25, -0.2) is 0 Å². The maximum absolute atomic E-state index is 13.1. The monoisotopic (exact) mass is 422 g/mol. The number of carbonyl (C=O) groups is 3. The molecule has 3 amide bonds. The van der Waals surface area contributed by atoms with Crippen LogP contribution < -0.4 is 10.2 Å². The molecule has 1 aliphatic heterocycles. The molecule has 30 heavy (non-hydrogen) atoms. The summed E-state index contributed by atoms with van der Waals surface area (Å²) >= 11 is 6.27. The quantitative estimate of drug-likeness (QED) is 0.744. The van der Waals surface area contributed by atoms with Gasteiger partial charge in [0.05, 0.1) is 28.1 Å². The van der Waals surface area contributed by atoms with Gasteiger partial charge in [0, 0.05) is 6.54 Å². The minimum Gasteiger partial charge on any atom is -0.352 e. The van der Waals surface area contributed by atoms with Gasteiger partial charge in [-0.3, -0.25) is 19.3 Å². The lowest BCUT2D eigenvalue weighted by Gasteiger charge is -2.19. The van der Waals surface area contributed by atoms with Crippen molar-refractivity contribution in [3.63, 3.8) is 0 Å². The average molecular weight is 423 g/mol. The molecule has 2 saturated carbocycles. The predicted octanol–water partition coefficient (Wildman–Crippen LogP) is 3.85. The van der Waals surface area contributed by atoms with Crippen molar-refractivity contribution in [3.8, 4) is 0 Å². The zero-order chi connectivity index (χ0) is 20.8. The number of anilines is 1. The third-order valence-electron chi connectivity index (χ3n) is 6.92. The van der Waals surface area contributed by atoms with E-state index in [1.165, 1.54) is 4.90 Å². The summed E-state index contributed by atoms with van der Waals surface area (Å²) in [7, 11) is 0. The molecule has 0 unspecified atom stereocenters. The first-order valence-corrected chi connectivity index (χ1v) is 10.9. The number of hydrogen-bond donors (Lipinski definition) is 1. The van der Waals surface area contributed by atoms with Crippen LogP contribution in [0.3, 0.4) is 0 Å². The molecule has 0 radical (unpaired) electrons. The molecule has 4 atom stereocenters. The zero-order valence-corrected chi connectivity index (χ0v) is 17.3. The lowest BCUT2D eigenvalue weighted by Crippen LogP contribution is -2.33. The number of carbonyl (C=O) groups excluding carboxylic acids is 3. The van der Waals surface area contributed by atoms with E-state index in [-0.39, 0.29) is 35.1 Å². The molecule has 1 N–H and O–H groups in total. The van der Waals surface area contributed by atoms with E-state index in [4.69, 9.17) is 11.6 Å². The van der Waals surface area contributed by atoms with Gasteiger partial charge in [-0.15, -0.1) is 0 Å². The summed E-state index contributed by atoms with van der Waals surface area (Å²) in [4.78, 5) is 40.1. The Morgan fingerprint density at radius 2 is 1.67 bits per heavy atom. The molecule has 2 aliphatic carbocycles. The highest BCUT2D eigenvalue weighted by Gasteiger charge is 2.61. The van der Waals surface area contributed by atoms with Crippen LogP contribution in [0.4, 0.5) is 5.69 Å². The number of rotatable bonds is 5. The number of fused-ring (bicyclic) bond motifs is 5. The van der Waals surface area contributed by atoms with Gasteiger partial charge in [0.25, 0.3) is 5.91 Å². The van der Waals surface area contributed by atoms with Gasteiger partial charge in [0.2, 0.25) is 11.8 Å².